The molecule has 0 aromatic carbocycles. The first-order chi connectivity index (χ1) is 4.00. The monoisotopic (exact) mass is 139 g/mol. The van der Waals surface area contributed by atoms with Gasteiger partial charge in [0.15, 0.2) is 0 Å². The summed E-state index contributed by atoms with van der Waals surface area (Å²) in [5.74, 6) is -1.12. The molecule has 0 aromatic heterocycles. The second-order valence-corrected chi connectivity index (χ2v) is 2.47. The third kappa shape index (κ3) is 1.36. The molecule has 54 valence electrons. The molecule has 1 rings (SSSR count). The van der Waals surface area contributed by atoms with Crippen molar-refractivity contribution in [3.05, 3.63) is 0 Å². The summed E-state index contributed by atoms with van der Waals surface area (Å²) in [5, 5.41) is 0. The van der Waals surface area contributed by atoms with Gasteiger partial charge in [0.25, 0.3) is 0 Å². The highest BCUT2D eigenvalue weighted by atomic mass is 19.4. The normalized spacial score (nSPS) is 36.0. The summed E-state index contributed by atoms with van der Waals surface area (Å²) < 4.78 is 34.9. The first-order valence-corrected chi connectivity index (χ1v) is 2.82. The number of halogens is 3. The Morgan fingerprint density at radius 2 is 1.67 bits per heavy atom. The van der Waals surface area contributed by atoms with Crippen LogP contribution in [0.25, 0.3) is 0 Å². The lowest BCUT2D eigenvalue weighted by Crippen LogP contribution is -2.43. The summed E-state index contributed by atoms with van der Waals surface area (Å²) in [4.78, 5) is 0. The molecule has 1 fully saturated rings. The molecule has 0 radical (unpaired) electrons. The van der Waals surface area contributed by atoms with Crippen LogP contribution in [0.2, 0.25) is 0 Å². The zero-order chi connectivity index (χ0) is 7.07. The fourth-order valence-electron chi connectivity index (χ4n) is 0.929. The highest BCUT2D eigenvalue weighted by Gasteiger charge is 2.46. The molecule has 0 atom stereocenters. The van der Waals surface area contributed by atoms with Crippen molar-refractivity contribution in [3.63, 3.8) is 0 Å². The summed E-state index contributed by atoms with van der Waals surface area (Å²) in [7, 11) is 0. The summed E-state index contributed by atoms with van der Waals surface area (Å²) in [6.07, 6.45) is -3.77. The van der Waals surface area contributed by atoms with Gasteiger partial charge in [0.05, 0.1) is 5.92 Å². The van der Waals surface area contributed by atoms with Gasteiger partial charge >= 0.3 is 6.18 Å². The molecule has 2 N–H and O–H groups in total. The van der Waals surface area contributed by atoms with Crippen LogP contribution in [0.5, 0.6) is 0 Å². The second kappa shape index (κ2) is 1.87. The molecule has 0 spiro atoms. The van der Waals surface area contributed by atoms with Crippen LogP contribution in [-0.2, 0) is 0 Å². The van der Waals surface area contributed by atoms with Crippen molar-refractivity contribution < 1.29 is 13.2 Å². The van der Waals surface area contributed by atoms with Gasteiger partial charge in [0.2, 0.25) is 0 Å². The van der Waals surface area contributed by atoms with E-state index in [1.54, 1.807) is 0 Å². The summed E-state index contributed by atoms with van der Waals surface area (Å²) in [5.41, 5.74) is 5.17. The average molecular weight is 139 g/mol. The van der Waals surface area contributed by atoms with Gasteiger partial charge in [0.1, 0.15) is 0 Å². The number of hydrogen-bond acceptors (Lipinski definition) is 1. The van der Waals surface area contributed by atoms with E-state index in [1.165, 1.54) is 0 Å². The molecule has 1 saturated carbocycles. The van der Waals surface area contributed by atoms with Crippen molar-refractivity contribution in [2.45, 2.75) is 25.1 Å². The SMILES string of the molecule is N[C@H]1C[C@@H](C(F)(F)F)C1. The molecule has 1 aliphatic rings. The van der Waals surface area contributed by atoms with E-state index < -0.39 is 12.1 Å². The Morgan fingerprint density at radius 1 is 1.22 bits per heavy atom. The van der Waals surface area contributed by atoms with Crippen molar-refractivity contribution in [1.29, 1.82) is 0 Å². The van der Waals surface area contributed by atoms with E-state index in [2.05, 4.69) is 0 Å². The summed E-state index contributed by atoms with van der Waals surface area (Å²) in [6.45, 7) is 0. The van der Waals surface area contributed by atoms with Gasteiger partial charge in [-0.3, -0.25) is 0 Å². The van der Waals surface area contributed by atoms with Crippen LogP contribution in [0.3, 0.4) is 0 Å². The van der Waals surface area contributed by atoms with Crippen LogP contribution < -0.4 is 5.73 Å². The quantitative estimate of drug-likeness (QED) is 0.537. The van der Waals surface area contributed by atoms with E-state index in [1.807, 2.05) is 0 Å². The van der Waals surface area contributed by atoms with Crippen LogP contribution in [0, 0.1) is 5.92 Å². The van der Waals surface area contributed by atoms with E-state index in [9.17, 15) is 13.2 Å². The van der Waals surface area contributed by atoms with Crippen molar-refractivity contribution in [2.75, 3.05) is 0 Å². The second-order valence-electron chi connectivity index (χ2n) is 2.47. The van der Waals surface area contributed by atoms with E-state index in [-0.39, 0.29) is 18.9 Å². The summed E-state index contributed by atoms with van der Waals surface area (Å²) in [6, 6.07) is -0.211. The molecular formula is C5H8F3N. The van der Waals surface area contributed by atoms with Crippen LogP contribution in [0.4, 0.5) is 13.2 Å². The van der Waals surface area contributed by atoms with Crippen molar-refractivity contribution in [3.8, 4) is 0 Å². The highest BCUT2D eigenvalue weighted by Crippen LogP contribution is 2.39. The van der Waals surface area contributed by atoms with E-state index in [4.69, 9.17) is 5.73 Å². The molecule has 9 heavy (non-hydrogen) atoms. The Balaban J connectivity index is 2.32. The Hall–Kier alpha value is -0.250. The first-order valence-electron chi connectivity index (χ1n) is 2.82. The van der Waals surface area contributed by atoms with Crippen LogP contribution in [-0.4, -0.2) is 12.2 Å². The maximum Gasteiger partial charge on any atom is 0.391 e. The number of nitrogens with two attached hydrogens (primary N) is 1. The molecule has 0 aromatic rings. The zero-order valence-electron chi connectivity index (χ0n) is 4.78. The molecule has 4 heteroatoms. The van der Waals surface area contributed by atoms with Crippen molar-refractivity contribution in [1.82, 2.24) is 0 Å². The van der Waals surface area contributed by atoms with Crippen LogP contribution >= 0.6 is 0 Å². The van der Waals surface area contributed by atoms with E-state index >= 15 is 0 Å². The lowest BCUT2D eigenvalue weighted by atomic mass is 9.80. The molecule has 1 nitrogen and oxygen atoms in total. The smallest absolute Gasteiger partial charge is 0.328 e. The largest absolute Gasteiger partial charge is 0.391 e. The maximum atomic E-state index is 11.6. The Kier molecular flexibility index (Phi) is 1.42. The zero-order valence-corrected chi connectivity index (χ0v) is 4.78. The number of hydrogen-bond donors (Lipinski definition) is 1. The maximum absolute atomic E-state index is 11.6. The van der Waals surface area contributed by atoms with E-state index in [0.29, 0.717) is 0 Å². The van der Waals surface area contributed by atoms with Gasteiger partial charge in [-0.25, -0.2) is 0 Å². The van der Waals surface area contributed by atoms with Crippen molar-refractivity contribution >= 4 is 0 Å². The molecule has 1 aliphatic carbocycles. The standard InChI is InChI=1S/C5H8F3N/c6-5(7,8)3-1-4(9)2-3/h3-4H,1-2,9H2/t3-,4+. The fraction of sp³-hybridized carbons (Fsp3) is 1.00. The topological polar surface area (TPSA) is 26.0 Å². The van der Waals surface area contributed by atoms with Crippen LogP contribution in [0.15, 0.2) is 0 Å². The van der Waals surface area contributed by atoms with Crippen LogP contribution in [0.1, 0.15) is 12.8 Å². The van der Waals surface area contributed by atoms with Gasteiger partial charge in [0, 0.05) is 6.04 Å². The minimum Gasteiger partial charge on any atom is -0.328 e. The summed E-state index contributed by atoms with van der Waals surface area (Å²) >= 11 is 0. The minimum absolute atomic E-state index is 0.115. The average Bonchev–Trinajstić information content (AvgIpc) is 1.55. The molecule has 0 heterocycles. The highest BCUT2D eigenvalue weighted by molar-refractivity contribution is 4.86. The first kappa shape index (κ1) is 6.86. The lowest BCUT2D eigenvalue weighted by molar-refractivity contribution is -0.196. The third-order valence-corrected chi connectivity index (χ3v) is 1.64. The van der Waals surface area contributed by atoms with E-state index in [0.717, 1.165) is 0 Å². The fourth-order valence-corrected chi connectivity index (χ4v) is 0.929. The molecule has 0 aliphatic heterocycles. The molecule has 0 bridgehead atoms. The Labute approximate surface area is 51.0 Å². The Bertz CT molecular complexity index is 103. The van der Waals surface area contributed by atoms with Gasteiger partial charge < -0.3 is 5.73 Å². The molecule has 0 saturated heterocycles. The molecule has 0 unspecified atom stereocenters. The predicted octanol–water partition coefficient (Wildman–Crippen LogP) is 1.29. The Morgan fingerprint density at radius 3 is 1.78 bits per heavy atom. The molecular weight excluding hydrogens is 131 g/mol. The molecule has 0 amide bonds. The minimum atomic E-state index is -4.00. The number of alkyl halides is 3. The predicted molar refractivity (Wildman–Crippen MR) is 26.8 cm³/mol. The van der Waals surface area contributed by atoms with Crippen molar-refractivity contribution in [2.24, 2.45) is 11.7 Å². The third-order valence-electron chi connectivity index (χ3n) is 1.64. The lowest BCUT2D eigenvalue weighted by Gasteiger charge is -2.33. The van der Waals surface area contributed by atoms with Gasteiger partial charge in [-0.2, -0.15) is 13.2 Å². The van der Waals surface area contributed by atoms with Gasteiger partial charge in [-0.15, -0.1) is 0 Å². The number of rotatable bonds is 0. The van der Waals surface area contributed by atoms with Gasteiger partial charge in [-0.1, -0.05) is 0 Å². The van der Waals surface area contributed by atoms with Gasteiger partial charge in [-0.05, 0) is 12.8 Å².